The van der Waals surface area contributed by atoms with Gasteiger partial charge in [0.2, 0.25) is 0 Å². The normalized spacial score (nSPS) is 15.1. The van der Waals surface area contributed by atoms with Crippen molar-refractivity contribution in [3.05, 3.63) is 17.7 Å². The SMILES string of the molecule is CNCCN(C)C(=O)c1cnc(C2CC2)[nH]1. The van der Waals surface area contributed by atoms with E-state index >= 15 is 0 Å². The number of aromatic nitrogens is 2. The Morgan fingerprint density at radius 3 is 3.06 bits per heavy atom. The first-order chi connectivity index (χ1) is 7.72. The van der Waals surface area contributed by atoms with E-state index in [0.29, 0.717) is 18.2 Å². The third-order valence-corrected chi connectivity index (χ3v) is 2.83. The van der Waals surface area contributed by atoms with Crippen LogP contribution in [-0.2, 0) is 0 Å². The van der Waals surface area contributed by atoms with Crippen LogP contribution in [0, 0.1) is 0 Å². The molecule has 0 radical (unpaired) electrons. The lowest BCUT2D eigenvalue weighted by Crippen LogP contribution is -2.32. The van der Waals surface area contributed by atoms with Crippen molar-refractivity contribution in [1.82, 2.24) is 20.2 Å². The number of carbonyl (C=O) groups excluding carboxylic acids is 1. The van der Waals surface area contributed by atoms with E-state index in [2.05, 4.69) is 15.3 Å². The molecule has 2 N–H and O–H groups in total. The second kappa shape index (κ2) is 4.65. The van der Waals surface area contributed by atoms with Gasteiger partial charge in [0.1, 0.15) is 11.5 Å². The highest BCUT2D eigenvalue weighted by atomic mass is 16.2. The van der Waals surface area contributed by atoms with Crippen LogP contribution in [0.15, 0.2) is 6.20 Å². The first-order valence-corrected chi connectivity index (χ1v) is 5.67. The molecule has 0 unspecified atom stereocenters. The molecule has 1 aliphatic carbocycles. The van der Waals surface area contributed by atoms with E-state index in [1.165, 1.54) is 12.8 Å². The van der Waals surface area contributed by atoms with Gasteiger partial charge in [0, 0.05) is 26.1 Å². The summed E-state index contributed by atoms with van der Waals surface area (Å²) in [6.45, 7) is 1.50. The number of hydrogen-bond acceptors (Lipinski definition) is 3. The maximum absolute atomic E-state index is 11.9. The van der Waals surface area contributed by atoms with Gasteiger partial charge in [0.25, 0.3) is 5.91 Å². The molecule has 88 valence electrons. The molecule has 16 heavy (non-hydrogen) atoms. The first-order valence-electron chi connectivity index (χ1n) is 5.67. The number of nitrogens with one attached hydrogen (secondary N) is 2. The molecule has 1 fully saturated rings. The summed E-state index contributed by atoms with van der Waals surface area (Å²) in [4.78, 5) is 21.0. The number of aromatic amines is 1. The number of amides is 1. The molecule has 1 heterocycles. The van der Waals surface area contributed by atoms with Crippen LogP contribution in [0.4, 0.5) is 0 Å². The molecule has 1 amide bonds. The maximum Gasteiger partial charge on any atom is 0.271 e. The molecular weight excluding hydrogens is 204 g/mol. The molecule has 5 heteroatoms. The molecule has 2 rings (SSSR count). The fraction of sp³-hybridized carbons (Fsp3) is 0.636. The number of H-pyrrole nitrogens is 1. The fourth-order valence-corrected chi connectivity index (χ4v) is 1.60. The lowest BCUT2D eigenvalue weighted by molar-refractivity contribution is 0.0791. The molecule has 0 atom stereocenters. The van der Waals surface area contributed by atoms with Crippen LogP contribution in [0.1, 0.15) is 35.1 Å². The minimum atomic E-state index is 0.00894. The summed E-state index contributed by atoms with van der Waals surface area (Å²) >= 11 is 0. The van der Waals surface area contributed by atoms with E-state index < -0.39 is 0 Å². The van der Waals surface area contributed by atoms with Crippen molar-refractivity contribution < 1.29 is 4.79 Å². The molecule has 1 saturated carbocycles. The van der Waals surface area contributed by atoms with E-state index in [1.807, 2.05) is 7.05 Å². The number of likely N-dealkylation sites (N-methyl/N-ethyl adjacent to an activating group) is 2. The highest BCUT2D eigenvalue weighted by Gasteiger charge is 2.27. The monoisotopic (exact) mass is 222 g/mol. The van der Waals surface area contributed by atoms with Crippen molar-refractivity contribution in [2.24, 2.45) is 0 Å². The Balaban J connectivity index is 1.96. The van der Waals surface area contributed by atoms with Crippen molar-refractivity contribution in [3.63, 3.8) is 0 Å². The van der Waals surface area contributed by atoms with Gasteiger partial charge in [-0.2, -0.15) is 0 Å². The van der Waals surface area contributed by atoms with Gasteiger partial charge in [-0.3, -0.25) is 4.79 Å². The van der Waals surface area contributed by atoms with Gasteiger partial charge in [-0.1, -0.05) is 0 Å². The number of nitrogens with zero attached hydrogens (tertiary/aromatic N) is 2. The number of imidazole rings is 1. The molecule has 0 spiro atoms. The van der Waals surface area contributed by atoms with E-state index in [1.54, 1.807) is 18.1 Å². The van der Waals surface area contributed by atoms with Gasteiger partial charge in [-0.15, -0.1) is 0 Å². The molecule has 0 aromatic carbocycles. The average molecular weight is 222 g/mol. The molecule has 1 aromatic heterocycles. The van der Waals surface area contributed by atoms with E-state index in [-0.39, 0.29) is 5.91 Å². The summed E-state index contributed by atoms with van der Waals surface area (Å²) in [5.41, 5.74) is 0.598. The summed E-state index contributed by atoms with van der Waals surface area (Å²) in [6.07, 6.45) is 4.03. The van der Waals surface area contributed by atoms with Crippen LogP contribution in [0.5, 0.6) is 0 Å². The Bertz CT molecular complexity index is 370. The predicted molar refractivity (Wildman–Crippen MR) is 61.4 cm³/mol. The van der Waals surface area contributed by atoms with Crippen molar-refractivity contribution in [3.8, 4) is 0 Å². The first kappa shape index (κ1) is 11.1. The number of rotatable bonds is 5. The highest BCUT2D eigenvalue weighted by molar-refractivity contribution is 5.92. The lowest BCUT2D eigenvalue weighted by Gasteiger charge is -2.15. The van der Waals surface area contributed by atoms with E-state index in [0.717, 1.165) is 12.4 Å². The molecule has 1 aliphatic rings. The van der Waals surface area contributed by atoms with E-state index in [4.69, 9.17) is 0 Å². The van der Waals surface area contributed by atoms with Crippen molar-refractivity contribution in [2.45, 2.75) is 18.8 Å². The minimum Gasteiger partial charge on any atom is -0.339 e. The van der Waals surface area contributed by atoms with Gasteiger partial charge in [-0.25, -0.2) is 4.98 Å². The van der Waals surface area contributed by atoms with Crippen LogP contribution in [0.25, 0.3) is 0 Å². The van der Waals surface area contributed by atoms with Gasteiger partial charge >= 0.3 is 0 Å². The van der Waals surface area contributed by atoms with Crippen LogP contribution >= 0.6 is 0 Å². The van der Waals surface area contributed by atoms with Crippen molar-refractivity contribution in [1.29, 1.82) is 0 Å². The maximum atomic E-state index is 11.9. The zero-order valence-corrected chi connectivity index (χ0v) is 9.79. The second-order valence-electron chi connectivity index (χ2n) is 4.29. The number of hydrogen-bond donors (Lipinski definition) is 2. The topological polar surface area (TPSA) is 61.0 Å². The zero-order valence-electron chi connectivity index (χ0n) is 9.79. The van der Waals surface area contributed by atoms with Crippen LogP contribution < -0.4 is 5.32 Å². The zero-order chi connectivity index (χ0) is 11.5. The van der Waals surface area contributed by atoms with Crippen LogP contribution in [-0.4, -0.2) is 48.0 Å². The second-order valence-corrected chi connectivity index (χ2v) is 4.29. The molecule has 0 bridgehead atoms. The Morgan fingerprint density at radius 1 is 1.69 bits per heavy atom. The Labute approximate surface area is 95.2 Å². The lowest BCUT2D eigenvalue weighted by atomic mass is 10.4. The quantitative estimate of drug-likeness (QED) is 0.766. The minimum absolute atomic E-state index is 0.00894. The third-order valence-electron chi connectivity index (χ3n) is 2.83. The predicted octanol–water partition coefficient (Wildman–Crippen LogP) is 0.579. The van der Waals surface area contributed by atoms with Gasteiger partial charge in [0.05, 0.1) is 6.20 Å². The molecule has 0 aliphatic heterocycles. The molecule has 0 saturated heterocycles. The van der Waals surface area contributed by atoms with E-state index in [9.17, 15) is 4.79 Å². The molecule has 5 nitrogen and oxygen atoms in total. The Kier molecular flexibility index (Phi) is 3.24. The van der Waals surface area contributed by atoms with Gasteiger partial charge in [-0.05, 0) is 19.9 Å². The summed E-state index contributed by atoms with van der Waals surface area (Å²) < 4.78 is 0. The third kappa shape index (κ3) is 2.41. The van der Waals surface area contributed by atoms with Crippen molar-refractivity contribution in [2.75, 3.05) is 27.2 Å². The average Bonchev–Trinajstić information content (AvgIpc) is 3.03. The highest BCUT2D eigenvalue weighted by Crippen LogP contribution is 2.38. The van der Waals surface area contributed by atoms with Gasteiger partial charge < -0.3 is 15.2 Å². The van der Waals surface area contributed by atoms with Crippen LogP contribution in [0.3, 0.4) is 0 Å². The smallest absolute Gasteiger partial charge is 0.271 e. The van der Waals surface area contributed by atoms with Crippen molar-refractivity contribution >= 4 is 5.91 Å². The fourth-order valence-electron chi connectivity index (χ4n) is 1.60. The van der Waals surface area contributed by atoms with Crippen LogP contribution in [0.2, 0.25) is 0 Å². The Morgan fingerprint density at radius 2 is 2.44 bits per heavy atom. The summed E-state index contributed by atoms with van der Waals surface area (Å²) in [6, 6.07) is 0. The summed E-state index contributed by atoms with van der Waals surface area (Å²) in [5, 5.41) is 3.02. The summed E-state index contributed by atoms with van der Waals surface area (Å²) in [7, 11) is 3.68. The largest absolute Gasteiger partial charge is 0.339 e. The standard InChI is InChI=1S/C11H18N4O/c1-12-5-6-15(2)11(16)9-7-13-10(14-9)8-3-4-8/h7-8,12H,3-6H2,1-2H3,(H,13,14). The molecule has 1 aromatic rings. The molecular formula is C11H18N4O. The Hall–Kier alpha value is -1.36. The number of carbonyl (C=O) groups is 1. The van der Waals surface area contributed by atoms with Gasteiger partial charge in [0.15, 0.2) is 0 Å². The summed E-state index contributed by atoms with van der Waals surface area (Å²) in [5.74, 6) is 1.53.